The highest BCUT2D eigenvalue weighted by atomic mass is 16.5. The van der Waals surface area contributed by atoms with Gasteiger partial charge in [-0.1, -0.05) is 0 Å². The molecule has 0 aliphatic carbocycles. The molecule has 2 saturated heterocycles. The van der Waals surface area contributed by atoms with Crippen LogP contribution in [0.5, 0.6) is 0 Å². The van der Waals surface area contributed by atoms with E-state index < -0.39 is 0 Å². The Morgan fingerprint density at radius 1 is 1.04 bits per heavy atom. The maximum absolute atomic E-state index is 5.45. The van der Waals surface area contributed by atoms with Gasteiger partial charge in [0.1, 0.15) is 23.3 Å². The van der Waals surface area contributed by atoms with Gasteiger partial charge < -0.3 is 14.2 Å². The van der Waals surface area contributed by atoms with E-state index in [0.717, 1.165) is 87.8 Å². The first-order chi connectivity index (χ1) is 13.5. The first kappa shape index (κ1) is 19.3. The number of hydrogen-bond acceptors (Lipinski definition) is 7. The Hall–Kier alpha value is -2.06. The summed E-state index contributed by atoms with van der Waals surface area (Å²) in [4.78, 5) is 14.0. The van der Waals surface area contributed by atoms with Crippen molar-refractivity contribution in [2.75, 3.05) is 44.3 Å². The Bertz CT molecular complexity index is 828. The third-order valence-corrected chi connectivity index (χ3v) is 6.03. The summed E-state index contributed by atoms with van der Waals surface area (Å²) in [5, 5.41) is 9.10. The number of hydrogen-bond donors (Lipinski definition) is 0. The first-order valence-corrected chi connectivity index (χ1v) is 10.3. The van der Waals surface area contributed by atoms with Crippen LogP contribution in [-0.2, 0) is 18.3 Å². The van der Waals surface area contributed by atoms with Gasteiger partial charge in [-0.2, -0.15) is 0 Å². The summed E-state index contributed by atoms with van der Waals surface area (Å²) in [6.07, 6.45) is 2.28. The standard InChI is InChI=1S/C20H31N7O/c1-14-15(2)21-16(3)22-19(14)27-7-5-6-17(12-27)20-24-23-18(25(20)4)13-26-8-10-28-11-9-26/h17H,5-13H2,1-4H3. The smallest absolute Gasteiger partial charge is 0.146 e. The van der Waals surface area contributed by atoms with Gasteiger partial charge in [0.25, 0.3) is 0 Å². The van der Waals surface area contributed by atoms with Crippen LogP contribution in [0.1, 0.15) is 47.5 Å². The molecule has 0 saturated carbocycles. The van der Waals surface area contributed by atoms with Crippen molar-refractivity contribution in [2.24, 2.45) is 7.05 Å². The minimum atomic E-state index is 0.375. The van der Waals surface area contributed by atoms with E-state index >= 15 is 0 Å². The van der Waals surface area contributed by atoms with Crippen molar-refractivity contribution in [1.82, 2.24) is 29.6 Å². The largest absolute Gasteiger partial charge is 0.379 e. The van der Waals surface area contributed by atoms with Crippen LogP contribution in [0.25, 0.3) is 0 Å². The second-order valence-electron chi connectivity index (χ2n) is 8.01. The Kier molecular flexibility index (Phi) is 5.59. The normalized spacial score (nSPS) is 21.3. The highest BCUT2D eigenvalue weighted by Gasteiger charge is 2.28. The fraction of sp³-hybridized carbons (Fsp3) is 0.700. The van der Waals surface area contributed by atoms with E-state index in [1.807, 2.05) is 6.92 Å². The Morgan fingerprint density at radius 2 is 1.82 bits per heavy atom. The SMILES string of the molecule is Cc1nc(C)c(C)c(N2CCCC(c3nnc(CN4CCOCC4)n3C)C2)n1. The molecule has 8 nitrogen and oxygen atoms in total. The van der Waals surface area contributed by atoms with E-state index in [1.165, 1.54) is 5.56 Å². The average Bonchev–Trinajstić information content (AvgIpc) is 3.06. The molecule has 0 amide bonds. The molecule has 0 aromatic carbocycles. The number of piperidine rings is 1. The van der Waals surface area contributed by atoms with Gasteiger partial charge in [0.05, 0.1) is 19.8 Å². The van der Waals surface area contributed by atoms with Gasteiger partial charge in [-0.25, -0.2) is 9.97 Å². The Morgan fingerprint density at radius 3 is 2.61 bits per heavy atom. The minimum Gasteiger partial charge on any atom is -0.379 e. The van der Waals surface area contributed by atoms with Crippen molar-refractivity contribution in [1.29, 1.82) is 0 Å². The molecule has 2 aromatic rings. The van der Waals surface area contributed by atoms with Crippen molar-refractivity contribution in [3.8, 4) is 0 Å². The van der Waals surface area contributed by atoms with Crippen LogP contribution in [0.15, 0.2) is 0 Å². The lowest BCUT2D eigenvalue weighted by molar-refractivity contribution is 0.0326. The minimum absolute atomic E-state index is 0.375. The molecule has 8 heteroatoms. The van der Waals surface area contributed by atoms with Crippen LogP contribution in [0.4, 0.5) is 5.82 Å². The lowest BCUT2D eigenvalue weighted by Gasteiger charge is -2.34. The van der Waals surface area contributed by atoms with Crippen LogP contribution in [0.3, 0.4) is 0 Å². The summed E-state index contributed by atoms with van der Waals surface area (Å²) in [7, 11) is 2.11. The van der Waals surface area contributed by atoms with Gasteiger partial charge >= 0.3 is 0 Å². The maximum Gasteiger partial charge on any atom is 0.146 e. The lowest BCUT2D eigenvalue weighted by atomic mass is 9.96. The number of morpholine rings is 1. The Balaban J connectivity index is 1.51. The molecule has 2 aliphatic rings. The van der Waals surface area contributed by atoms with Gasteiger partial charge in [0.2, 0.25) is 0 Å². The molecule has 0 bridgehead atoms. The van der Waals surface area contributed by atoms with Crippen molar-refractivity contribution in [2.45, 2.75) is 46.1 Å². The molecule has 1 unspecified atom stereocenters. The number of rotatable bonds is 4. The van der Waals surface area contributed by atoms with Crippen molar-refractivity contribution < 1.29 is 4.74 Å². The van der Waals surface area contributed by atoms with Gasteiger partial charge in [0, 0.05) is 50.4 Å². The zero-order valence-corrected chi connectivity index (χ0v) is 17.5. The van der Waals surface area contributed by atoms with E-state index in [1.54, 1.807) is 0 Å². The molecule has 4 rings (SSSR count). The number of nitrogens with zero attached hydrogens (tertiary/aromatic N) is 7. The van der Waals surface area contributed by atoms with Crippen molar-refractivity contribution in [3.63, 3.8) is 0 Å². The summed E-state index contributed by atoms with van der Waals surface area (Å²) in [6, 6.07) is 0. The van der Waals surface area contributed by atoms with Crippen molar-refractivity contribution >= 4 is 5.82 Å². The molecule has 4 heterocycles. The van der Waals surface area contributed by atoms with Crippen LogP contribution in [0.2, 0.25) is 0 Å². The van der Waals surface area contributed by atoms with E-state index in [4.69, 9.17) is 9.72 Å². The van der Waals surface area contributed by atoms with Gasteiger partial charge in [-0.15, -0.1) is 10.2 Å². The zero-order valence-electron chi connectivity index (χ0n) is 17.5. The molecule has 2 aromatic heterocycles. The molecule has 28 heavy (non-hydrogen) atoms. The molecule has 0 spiro atoms. The maximum atomic E-state index is 5.45. The number of anilines is 1. The quantitative estimate of drug-likeness (QED) is 0.794. The number of aryl methyl sites for hydroxylation is 2. The zero-order chi connectivity index (χ0) is 19.7. The predicted molar refractivity (Wildman–Crippen MR) is 108 cm³/mol. The Labute approximate surface area is 166 Å². The second-order valence-corrected chi connectivity index (χ2v) is 8.01. The highest BCUT2D eigenvalue weighted by molar-refractivity contribution is 5.49. The molecule has 2 aliphatic heterocycles. The summed E-state index contributed by atoms with van der Waals surface area (Å²) in [5.41, 5.74) is 2.24. The number of aromatic nitrogens is 5. The molecular weight excluding hydrogens is 354 g/mol. The van der Waals surface area contributed by atoms with Crippen LogP contribution in [-0.4, -0.2) is 69.0 Å². The second kappa shape index (κ2) is 8.13. The molecule has 0 radical (unpaired) electrons. The molecule has 2 fully saturated rings. The third-order valence-electron chi connectivity index (χ3n) is 6.03. The molecular formula is C20H31N7O. The van der Waals surface area contributed by atoms with Gasteiger partial charge in [0.15, 0.2) is 0 Å². The summed E-state index contributed by atoms with van der Waals surface area (Å²) in [5.74, 6) is 4.42. The van der Waals surface area contributed by atoms with E-state index in [0.29, 0.717) is 5.92 Å². The monoisotopic (exact) mass is 385 g/mol. The molecule has 152 valence electrons. The third kappa shape index (κ3) is 3.89. The van der Waals surface area contributed by atoms with E-state index in [2.05, 4.69) is 50.4 Å². The van der Waals surface area contributed by atoms with Crippen molar-refractivity contribution in [3.05, 3.63) is 28.7 Å². The average molecular weight is 386 g/mol. The predicted octanol–water partition coefficient (Wildman–Crippen LogP) is 1.75. The summed E-state index contributed by atoms with van der Waals surface area (Å²) < 4.78 is 7.65. The van der Waals surface area contributed by atoms with E-state index in [-0.39, 0.29) is 0 Å². The van der Waals surface area contributed by atoms with Crippen LogP contribution in [0, 0.1) is 20.8 Å². The van der Waals surface area contributed by atoms with Gasteiger partial charge in [-0.05, 0) is 33.6 Å². The summed E-state index contributed by atoms with van der Waals surface area (Å²) in [6.45, 7) is 12.5. The highest BCUT2D eigenvalue weighted by Crippen LogP contribution is 2.30. The molecule has 0 N–H and O–H groups in total. The summed E-state index contributed by atoms with van der Waals surface area (Å²) >= 11 is 0. The lowest BCUT2D eigenvalue weighted by Crippen LogP contribution is -2.37. The number of ether oxygens (including phenoxy) is 1. The fourth-order valence-electron chi connectivity index (χ4n) is 4.27. The molecule has 1 atom stereocenters. The van der Waals surface area contributed by atoms with Crippen LogP contribution < -0.4 is 4.90 Å². The van der Waals surface area contributed by atoms with E-state index in [9.17, 15) is 0 Å². The topological polar surface area (TPSA) is 72.2 Å². The van der Waals surface area contributed by atoms with Gasteiger partial charge in [-0.3, -0.25) is 4.90 Å². The first-order valence-electron chi connectivity index (χ1n) is 10.3. The van der Waals surface area contributed by atoms with Crippen LogP contribution >= 0.6 is 0 Å². The fourth-order valence-corrected chi connectivity index (χ4v) is 4.27.